The molecule has 2 heteroatoms. The van der Waals surface area contributed by atoms with Crippen molar-refractivity contribution in [2.75, 3.05) is 13.7 Å². The predicted octanol–water partition coefficient (Wildman–Crippen LogP) is 2.19. The van der Waals surface area contributed by atoms with E-state index in [1.807, 2.05) is 7.11 Å². The summed E-state index contributed by atoms with van der Waals surface area (Å²) in [6.45, 7) is 5.61. The summed E-state index contributed by atoms with van der Waals surface area (Å²) in [6.07, 6.45) is 5.79. The van der Waals surface area contributed by atoms with Crippen LogP contribution in [0, 0.1) is 11.8 Å². The summed E-state index contributed by atoms with van der Waals surface area (Å²) in [6, 6.07) is 0.579. The zero-order valence-electron chi connectivity index (χ0n) is 9.68. The fourth-order valence-electron chi connectivity index (χ4n) is 3.08. The second kappa shape index (κ2) is 3.82. The van der Waals surface area contributed by atoms with Crippen LogP contribution in [0.3, 0.4) is 0 Å². The lowest BCUT2D eigenvalue weighted by molar-refractivity contribution is -0.0660. The van der Waals surface area contributed by atoms with E-state index in [9.17, 15) is 0 Å². The van der Waals surface area contributed by atoms with Crippen molar-refractivity contribution in [1.29, 1.82) is 0 Å². The molecule has 1 N–H and O–H groups in total. The quantitative estimate of drug-likeness (QED) is 0.749. The predicted molar refractivity (Wildman–Crippen MR) is 58.3 cm³/mol. The number of ether oxygens (including phenoxy) is 1. The number of hydrogen-bond donors (Lipinski definition) is 1. The van der Waals surface area contributed by atoms with Gasteiger partial charge < -0.3 is 10.1 Å². The molecular formula is C12H23NO. The Morgan fingerprint density at radius 3 is 2.29 bits per heavy atom. The molecule has 0 spiro atoms. The summed E-state index contributed by atoms with van der Waals surface area (Å²) in [7, 11) is 1.83. The first-order valence-electron chi connectivity index (χ1n) is 5.93. The van der Waals surface area contributed by atoms with Gasteiger partial charge in [0, 0.05) is 19.7 Å². The van der Waals surface area contributed by atoms with Crippen LogP contribution in [0.5, 0.6) is 0 Å². The molecule has 1 heterocycles. The van der Waals surface area contributed by atoms with Crippen LogP contribution in [-0.4, -0.2) is 25.3 Å². The van der Waals surface area contributed by atoms with E-state index in [1.54, 1.807) is 0 Å². The van der Waals surface area contributed by atoms with Gasteiger partial charge in [0.2, 0.25) is 0 Å². The molecule has 14 heavy (non-hydrogen) atoms. The van der Waals surface area contributed by atoms with E-state index in [0.717, 1.165) is 11.8 Å². The lowest BCUT2D eigenvalue weighted by Crippen LogP contribution is -2.65. The van der Waals surface area contributed by atoms with Crippen LogP contribution in [0.1, 0.15) is 39.5 Å². The van der Waals surface area contributed by atoms with Crippen molar-refractivity contribution in [2.45, 2.75) is 51.2 Å². The second-order valence-electron chi connectivity index (χ2n) is 5.40. The van der Waals surface area contributed by atoms with Gasteiger partial charge in [0.25, 0.3) is 0 Å². The maximum atomic E-state index is 5.57. The summed E-state index contributed by atoms with van der Waals surface area (Å²) in [4.78, 5) is 0. The first kappa shape index (κ1) is 10.4. The van der Waals surface area contributed by atoms with Crippen LogP contribution < -0.4 is 5.32 Å². The Balaban J connectivity index is 1.95. The van der Waals surface area contributed by atoms with Gasteiger partial charge in [0.05, 0.1) is 5.60 Å². The lowest BCUT2D eigenvalue weighted by atomic mass is 9.73. The average molecular weight is 197 g/mol. The Hall–Kier alpha value is -0.0800. The highest BCUT2D eigenvalue weighted by Crippen LogP contribution is 2.39. The minimum atomic E-state index is 0.00546. The maximum Gasteiger partial charge on any atom is 0.0778 e. The third kappa shape index (κ3) is 1.70. The second-order valence-corrected chi connectivity index (χ2v) is 5.40. The Bertz CT molecular complexity index is 196. The molecule has 1 saturated heterocycles. The van der Waals surface area contributed by atoms with Crippen LogP contribution in [0.4, 0.5) is 0 Å². The van der Waals surface area contributed by atoms with E-state index in [4.69, 9.17) is 4.74 Å². The van der Waals surface area contributed by atoms with Crippen molar-refractivity contribution in [1.82, 2.24) is 5.32 Å². The highest BCUT2D eigenvalue weighted by molar-refractivity contribution is 5.02. The molecule has 1 aliphatic carbocycles. The number of rotatable bonds is 3. The normalized spacial score (nSPS) is 34.5. The smallest absolute Gasteiger partial charge is 0.0778 e. The van der Waals surface area contributed by atoms with Gasteiger partial charge in [-0.1, -0.05) is 25.7 Å². The van der Waals surface area contributed by atoms with Crippen molar-refractivity contribution in [3.63, 3.8) is 0 Å². The summed E-state index contributed by atoms with van der Waals surface area (Å²) >= 11 is 0. The van der Waals surface area contributed by atoms with E-state index in [1.165, 1.54) is 32.2 Å². The molecule has 2 nitrogen and oxygen atoms in total. The molecule has 0 aromatic rings. The minimum Gasteiger partial charge on any atom is -0.377 e. The monoisotopic (exact) mass is 197 g/mol. The third-order valence-electron chi connectivity index (χ3n) is 4.28. The summed E-state index contributed by atoms with van der Waals surface area (Å²) in [5, 5.41) is 3.54. The van der Waals surface area contributed by atoms with Gasteiger partial charge >= 0.3 is 0 Å². The molecule has 2 fully saturated rings. The van der Waals surface area contributed by atoms with E-state index < -0.39 is 0 Å². The van der Waals surface area contributed by atoms with E-state index in [2.05, 4.69) is 19.2 Å². The van der Waals surface area contributed by atoms with Gasteiger partial charge in [-0.25, -0.2) is 0 Å². The number of hydrogen-bond acceptors (Lipinski definition) is 2. The highest BCUT2D eigenvalue weighted by Gasteiger charge is 2.45. The van der Waals surface area contributed by atoms with Crippen molar-refractivity contribution in [2.24, 2.45) is 11.8 Å². The van der Waals surface area contributed by atoms with Gasteiger partial charge in [-0.15, -0.1) is 0 Å². The molecule has 2 unspecified atom stereocenters. The molecule has 0 aromatic heterocycles. The third-order valence-corrected chi connectivity index (χ3v) is 4.28. The lowest BCUT2D eigenvalue weighted by Gasteiger charge is -2.49. The van der Waals surface area contributed by atoms with Crippen molar-refractivity contribution < 1.29 is 4.74 Å². The Morgan fingerprint density at radius 1 is 1.21 bits per heavy atom. The molecular weight excluding hydrogens is 174 g/mol. The Labute approximate surface area is 87.4 Å². The van der Waals surface area contributed by atoms with Crippen LogP contribution >= 0.6 is 0 Å². The Kier molecular flexibility index (Phi) is 2.85. The number of nitrogens with one attached hydrogen (secondary N) is 1. The highest BCUT2D eigenvalue weighted by atomic mass is 16.5. The van der Waals surface area contributed by atoms with E-state index in [-0.39, 0.29) is 5.60 Å². The summed E-state index contributed by atoms with van der Waals surface area (Å²) in [5.41, 5.74) is 0.00546. The van der Waals surface area contributed by atoms with Crippen LogP contribution in [0.15, 0.2) is 0 Å². The molecule has 0 amide bonds. The van der Waals surface area contributed by atoms with Gasteiger partial charge in [-0.05, 0) is 25.7 Å². The largest absolute Gasteiger partial charge is 0.377 e. The molecule has 2 rings (SSSR count). The van der Waals surface area contributed by atoms with Crippen molar-refractivity contribution in [3.8, 4) is 0 Å². The molecule has 0 radical (unpaired) electrons. The summed E-state index contributed by atoms with van der Waals surface area (Å²) < 4.78 is 5.57. The first-order chi connectivity index (χ1) is 6.65. The van der Waals surface area contributed by atoms with Gasteiger partial charge in [-0.2, -0.15) is 0 Å². The molecule has 1 aliphatic heterocycles. The Morgan fingerprint density at radius 2 is 1.86 bits per heavy atom. The summed E-state index contributed by atoms with van der Waals surface area (Å²) in [5.74, 6) is 1.84. The van der Waals surface area contributed by atoms with Crippen molar-refractivity contribution >= 4 is 0 Å². The zero-order valence-corrected chi connectivity index (χ0v) is 9.68. The standard InChI is InChI=1S/C12H23NO/c1-12(2,14-3)11-10(8-13-11)9-6-4-5-7-9/h9-11,13H,4-8H2,1-3H3. The zero-order chi connectivity index (χ0) is 10.2. The van der Waals surface area contributed by atoms with Crippen molar-refractivity contribution in [3.05, 3.63) is 0 Å². The topological polar surface area (TPSA) is 21.3 Å². The van der Waals surface area contributed by atoms with Crippen LogP contribution in [0.2, 0.25) is 0 Å². The maximum absolute atomic E-state index is 5.57. The molecule has 0 bridgehead atoms. The average Bonchev–Trinajstić information content (AvgIpc) is 2.54. The van der Waals surface area contributed by atoms with Gasteiger partial charge in [0.15, 0.2) is 0 Å². The molecule has 0 aromatic carbocycles. The first-order valence-corrected chi connectivity index (χ1v) is 5.93. The number of methoxy groups -OCH3 is 1. The minimum absolute atomic E-state index is 0.00546. The molecule has 2 atom stereocenters. The SMILES string of the molecule is COC(C)(C)C1NCC1C1CCCC1. The van der Waals surface area contributed by atoms with Crippen LogP contribution in [-0.2, 0) is 4.74 Å². The van der Waals surface area contributed by atoms with Gasteiger partial charge in [-0.3, -0.25) is 0 Å². The van der Waals surface area contributed by atoms with E-state index in [0.29, 0.717) is 6.04 Å². The van der Waals surface area contributed by atoms with Gasteiger partial charge in [0.1, 0.15) is 0 Å². The molecule has 1 saturated carbocycles. The fourth-order valence-corrected chi connectivity index (χ4v) is 3.08. The molecule has 82 valence electrons. The fraction of sp³-hybridized carbons (Fsp3) is 1.00. The van der Waals surface area contributed by atoms with Crippen LogP contribution in [0.25, 0.3) is 0 Å². The molecule has 2 aliphatic rings. The van der Waals surface area contributed by atoms with E-state index >= 15 is 0 Å².